The average Bonchev–Trinajstić information content (AvgIpc) is 3.03. The Labute approximate surface area is 153 Å². The zero-order valence-corrected chi connectivity index (χ0v) is 15.3. The van der Waals surface area contributed by atoms with E-state index in [0.29, 0.717) is 18.7 Å². The number of benzene rings is 1. The third-order valence-electron chi connectivity index (χ3n) is 4.09. The summed E-state index contributed by atoms with van der Waals surface area (Å²) < 4.78 is 1.75. The standard InChI is InChI=1S/C20H23N5O/c1-14-12-15(2)17(22-13-14)8-10-21-20(26)23-18-6-4-5-7-19(18)25-11-9-16(3)24-25/h4-7,9,11-13H,8,10H2,1-3H3,(H2,21,23,26). The first-order valence-electron chi connectivity index (χ1n) is 8.61. The van der Waals surface area contributed by atoms with Crippen LogP contribution in [-0.2, 0) is 6.42 Å². The van der Waals surface area contributed by atoms with Gasteiger partial charge in [0.05, 0.1) is 17.1 Å². The van der Waals surface area contributed by atoms with Gasteiger partial charge in [-0.1, -0.05) is 18.2 Å². The Balaban J connectivity index is 1.60. The SMILES string of the molecule is Cc1cnc(CCNC(=O)Nc2ccccc2-n2ccc(C)n2)c(C)c1. The second-order valence-electron chi connectivity index (χ2n) is 6.33. The fraction of sp³-hybridized carbons (Fsp3) is 0.250. The summed E-state index contributed by atoms with van der Waals surface area (Å²) >= 11 is 0. The van der Waals surface area contributed by atoms with Crippen molar-refractivity contribution in [1.82, 2.24) is 20.1 Å². The molecule has 2 heterocycles. The summed E-state index contributed by atoms with van der Waals surface area (Å²) in [6.45, 7) is 6.51. The molecule has 6 nitrogen and oxygen atoms in total. The maximum atomic E-state index is 12.3. The maximum absolute atomic E-state index is 12.3. The van der Waals surface area contributed by atoms with Gasteiger partial charge in [-0.3, -0.25) is 4.98 Å². The summed E-state index contributed by atoms with van der Waals surface area (Å²) in [6, 6.07) is 11.4. The van der Waals surface area contributed by atoms with Crippen molar-refractivity contribution >= 4 is 11.7 Å². The van der Waals surface area contributed by atoms with Crippen molar-refractivity contribution in [1.29, 1.82) is 0 Å². The van der Waals surface area contributed by atoms with Crippen LogP contribution in [0, 0.1) is 20.8 Å². The Hall–Kier alpha value is -3.15. The lowest BCUT2D eigenvalue weighted by molar-refractivity contribution is 0.252. The van der Waals surface area contributed by atoms with Gasteiger partial charge in [0, 0.05) is 31.1 Å². The zero-order valence-electron chi connectivity index (χ0n) is 15.3. The summed E-state index contributed by atoms with van der Waals surface area (Å²) in [6.07, 6.45) is 4.42. The number of pyridine rings is 1. The van der Waals surface area contributed by atoms with Gasteiger partial charge < -0.3 is 10.6 Å². The van der Waals surface area contributed by atoms with Crippen molar-refractivity contribution < 1.29 is 4.79 Å². The van der Waals surface area contributed by atoms with Gasteiger partial charge in [0.1, 0.15) is 0 Å². The number of amides is 2. The number of rotatable bonds is 5. The molecule has 3 aromatic rings. The van der Waals surface area contributed by atoms with Gasteiger partial charge in [-0.25, -0.2) is 9.48 Å². The first-order valence-corrected chi connectivity index (χ1v) is 8.61. The third kappa shape index (κ3) is 4.27. The highest BCUT2D eigenvalue weighted by atomic mass is 16.2. The minimum atomic E-state index is -0.244. The number of carbonyl (C=O) groups excluding carboxylic acids is 1. The number of aryl methyl sites for hydroxylation is 3. The van der Waals surface area contributed by atoms with Gasteiger partial charge in [-0.2, -0.15) is 5.10 Å². The molecule has 2 N–H and O–H groups in total. The first-order chi connectivity index (χ1) is 12.5. The van der Waals surface area contributed by atoms with E-state index < -0.39 is 0 Å². The van der Waals surface area contributed by atoms with Gasteiger partial charge in [-0.05, 0) is 50.1 Å². The van der Waals surface area contributed by atoms with Crippen molar-refractivity contribution in [2.75, 3.05) is 11.9 Å². The fourth-order valence-corrected chi connectivity index (χ4v) is 2.79. The van der Waals surface area contributed by atoms with Crippen molar-refractivity contribution in [3.63, 3.8) is 0 Å². The molecule has 0 fully saturated rings. The highest BCUT2D eigenvalue weighted by Crippen LogP contribution is 2.19. The molecule has 2 amide bonds. The minimum Gasteiger partial charge on any atom is -0.337 e. The molecule has 0 aliphatic rings. The monoisotopic (exact) mass is 349 g/mol. The van der Waals surface area contributed by atoms with E-state index >= 15 is 0 Å². The van der Waals surface area contributed by atoms with E-state index in [9.17, 15) is 4.79 Å². The smallest absolute Gasteiger partial charge is 0.319 e. The van der Waals surface area contributed by atoms with Gasteiger partial charge in [0.15, 0.2) is 0 Å². The molecule has 0 bridgehead atoms. The molecule has 26 heavy (non-hydrogen) atoms. The van der Waals surface area contributed by atoms with Crippen LogP contribution in [0.1, 0.15) is 22.5 Å². The van der Waals surface area contributed by atoms with Gasteiger partial charge >= 0.3 is 6.03 Å². The highest BCUT2D eigenvalue weighted by molar-refractivity contribution is 5.91. The van der Waals surface area contributed by atoms with Gasteiger partial charge in [-0.15, -0.1) is 0 Å². The molecule has 134 valence electrons. The average molecular weight is 349 g/mol. The van der Waals surface area contributed by atoms with Gasteiger partial charge in [0.25, 0.3) is 0 Å². The van der Waals surface area contributed by atoms with E-state index in [2.05, 4.69) is 26.8 Å². The van der Waals surface area contributed by atoms with E-state index in [1.54, 1.807) is 4.68 Å². The van der Waals surface area contributed by atoms with E-state index in [0.717, 1.165) is 28.2 Å². The second-order valence-corrected chi connectivity index (χ2v) is 6.33. The topological polar surface area (TPSA) is 71.8 Å². The normalized spacial score (nSPS) is 10.6. The summed E-state index contributed by atoms with van der Waals surface area (Å²) in [5, 5.41) is 10.2. The van der Waals surface area contributed by atoms with Crippen molar-refractivity contribution in [2.24, 2.45) is 0 Å². The van der Waals surface area contributed by atoms with Crippen molar-refractivity contribution in [3.8, 4) is 5.69 Å². The molecule has 1 aromatic carbocycles. The van der Waals surface area contributed by atoms with Crippen molar-refractivity contribution in [2.45, 2.75) is 27.2 Å². The van der Waals surface area contributed by atoms with Crippen LogP contribution in [0.4, 0.5) is 10.5 Å². The summed E-state index contributed by atoms with van der Waals surface area (Å²) in [5.41, 5.74) is 5.74. The third-order valence-corrected chi connectivity index (χ3v) is 4.09. The largest absolute Gasteiger partial charge is 0.337 e. The Morgan fingerprint density at radius 1 is 1.15 bits per heavy atom. The molecule has 2 aromatic heterocycles. The molecule has 0 unspecified atom stereocenters. The van der Waals surface area contributed by atoms with E-state index in [4.69, 9.17) is 0 Å². The van der Waals surface area contributed by atoms with Crippen LogP contribution in [0.3, 0.4) is 0 Å². The molecule has 0 aliphatic heterocycles. The number of carbonyl (C=O) groups is 1. The van der Waals surface area contributed by atoms with E-state index in [1.165, 1.54) is 0 Å². The predicted molar refractivity (Wildman–Crippen MR) is 103 cm³/mol. The van der Waals surface area contributed by atoms with Crippen LogP contribution in [0.15, 0.2) is 48.8 Å². The molecule has 0 saturated carbocycles. The molecule has 0 spiro atoms. The van der Waals surface area contributed by atoms with Crippen LogP contribution in [0.25, 0.3) is 5.69 Å². The van der Waals surface area contributed by atoms with Crippen LogP contribution >= 0.6 is 0 Å². The second kappa shape index (κ2) is 7.82. The molecule has 0 aliphatic carbocycles. The lowest BCUT2D eigenvalue weighted by Crippen LogP contribution is -2.31. The number of para-hydroxylation sites is 2. The molecule has 0 atom stereocenters. The lowest BCUT2D eigenvalue weighted by Gasteiger charge is -2.12. The molecule has 3 rings (SSSR count). The summed E-state index contributed by atoms with van der Waals surface area (Å²) in [4.78, 5) is 16.7. The molecular weight excluding hydrogens is 326 g/mol. The Bertz CT molecular complexity index is 916. The minimum absolute atomic E-state index is 0.244. The zero-order chi connectivity index (χ0) is 18.5. The first kappa shape index (κ1) is 17.7. The molecule has 6 heteroatoms. The number of hydrogen-bond donors (Lipinski definition) is 2. The Morgan fingerprint density at radius 3 is 2.69 bits per heavy atom. The van der Waals surface area contributed by atoms with Crippen LogP contribution < -0.4 is 10.6 Å². The quantitative estimate of drug-likeness (QED) is 0.740. The predicted octanol–water partition coefficient (Wildman–Crippen LogP) is 3.56. The van der Waals surface area contributed by atoms with E-state index in [1.807, 2.05) is 63.5 Å². The summed E-state index contributed by atoms with van der Waals surface area (Å²) in [5.74, 6) is 0. The van der Waals surface area contributed by atoms with E-state index in [-0.39, 0.29) is 6.03 Å². The van der Waals surface area contributed by atoms with Gasteiger partial charge in [0.2, 0.25) is 0 Å². The lowest BCUT2D eigenvalue weighted by atomic mass is 10.1. The Kier molecular flexibility index (Phi) is 5.31. The number of nitrogens with one attached hydrogen (secondary N) is 2. The number of hydrogen-bond acceptors (Lipinski definition) is 3. The summed E-state index contributed by atoms with van der Waals surface area (Å²) in [7, 11) is 0. The maximum Gasteiger partial charge on any atom is 0.319 e. The number of nitrogens with zero attached hydrogens (tertiary/aromatic N) is 3. The molecule has 0 saturated heterocycles. The molecular formula is C20H23N5O. The fourth-order valence-electron chi connectivity index (χ4n) is 2.79. The van der Waals surface area contributed by atoms with Crippen LogP contribution in [-0.4, -0.2) is 27.3 Å². The number of urea groups is 1. The van der Waals surface area contributed by atoms with Crippen molar-refractivity contribution in [3.05, 3.63) is 71.3 Å². The van der Waals surface area contributed by atoms with Crippen LogP contribution in [0.5, 0.6) is 0 Å². The molecule has 0 radical (unpaired) electrons. The highest BCUT2D eigenvalue weighted by Gasteiger charge is 2.09. The van der Waals surface area contributed by atoms with Crippen LogP contribution in [0.2, 0.25) is 0 Å². The number of aromatic nitrogens is 3. The Morgan fingerprint density at radius 2 is 1.96 bits per heavy atom. The number of anilines is 1.